The highest BCUT2D eigenvalue weighted by Gasteiger charge is 2.15. The number of rotatable bonds is 8. The summed E-state index contributed by atoms with van der Waals surface area (Å²) in [5.74, 6) is 0. The summed E-state index contributed by atoms with van der Waals surface area (Å²) >= 11 is 1.91. The SMILES string of the molecule is CCC(C)Sc1c(CNCCOC)c(C)nn1C. The van der Waals surface area contributed by atoms with E-state index in [9.17, 15) is 0 Å². The van der Waals surface area contributed by atoms with Crippen LogP contribution in [0.25, 0.3) is 0 Å². The maximum Gasteiger partial charge on any atom is 0.0987 e. The van der Waals surface area contributed by atoms with Gasteiger partial charge in [0.05, 0.1) is 17.3 Å². The molecule has 0 bridgehead atoms. The van der Waals surface area contributed by atoms with Crippen molar-refractivity contribution >= 4 is 11.8 Å². The molecule has 1 heterocycles. The molecule has 0 amide bonds. The zero-order valence-electron chi connectivity index (χ0n) is 12.1. The van der Waals surface area contributed by atoms with Crippen molar-refractivity contribution in [3.8, 4) is 0 Å². The van der Waals surface area contributed by atoms with Gasteiger partial charge in [-0.25, -0.2) is 0 Å². The summed E-state index contributed by atoms with van der Waals surface area (Å²) in [6, 6.07) is 0. The molecular formula is C13H25N3OS. The van der Waals surface area contributed by atoms with Crippen LogP contribution in [0.1, 0.15) is 31.5 Å². The van der Waals surface area contributed by atoms with Gasteiger partial charge in [0, 0.05) is 38.1 Å². The van der Waals surface area contributed by atoms with Crippen molar-refractivity contribution in [3.63, 3.8) is 0 Å². The topological polar surface area (TPSA) is 39.1 Å². The number of nitrogens with zero attached hydrogens (tertiary/aromatic N) is 2. The molecule has 5 heteroatoms. The van der Waals surface area contributed by atoms with Crippen LogP contribution in [-0.4, -0.2) is 35.3 Å². The first-order valence-electron chi connectivity index (χ1n) is 6.48. The van der Waals surface area contributed by atoms with Gasteiger partial charge in [-0.1, -0.05) is 13.8 Å². The van der Waals surface area contributed by atoms with Crippen molar-refractivity contribution < 1.29 is 4.74 Å². The van der Waals surface area contributed by atoms with Gasteiger partial charge >= 0.3 is 0 Å². The first-order chi connectivity index (χ1) is 8.60. The summed E-state index contributed by atoms with van der Waals surface area (Å²) in [6.45, 7) is 9.04. The minimum atomic E-state index is 0.623. The van der Waals surface area contributed by atoms with E-state index in [-0.39, 0.29) is 0 Å². The van der Waals surface area contributed by atoms with Gasteiger partial charge in [-0.2, -0.15) is 5.10 Å². The van der Waals surface area contributed by atoms with E-state index in [0.29, 0.717) is 5.25 Å². The molecular weight excluding hydrogens is 246 g/mol. The molecule has 4 nitrogen and oxygen atoms in total. The fourth-order valence-electron chi connectivity index (χ4n) is 1.69. The Balaban J connectivity index is 2.69. The number of aromatic nitrogens is 2. The molecule has 1 N–H and O–H groups in total. The minimum absolute atomic E-state index is 0.623. The first-order valence-corrected chi connectivity index (χ1v) is 7.36. The largest absolute Gasteiger partial charge is 0.383 e. The Bertz CT molecular complexity index is 365. The van der Waals surface area contributed by atoms with Crippen LogP contribution < -0.4 is 5.32 Å². The maximum absolute atomic E-state index is 5.04. The van der Waals surface area contributed by atoms with E-state index in [1.807, 2.05) is 23.5 Å². The van der Waals surface area contributed by atoms with Crippen LogP contribution in [0, 0.1) is 6.92 Å². The lowest BCUT2D eigenvalue weighted by atomic mass is 10.2. The predicted molar refractivity (Wildman–Crippen MR) is 77.1 cm³/mol. The average Bonchev–Trinajstić information content (AvgIpc) is 2.60. The van der Waals surface area contributed by atoms with Crippen LogP contribution in [-0.2, 0) is 18.3 Å². The lowest BCUT2D eigenvalue weighted by Crippen LogP contribution is -2.19. The Morgan fingerprint density at radius 3 is 2.83 bits per heavy atom. The van der Waals surface area contributed by atoms with Crippen LogP contribution in [0.5, 0.6) is 0 Å². The van der Waals surface area contributed by atoms with Crippen LogP contribution in [0.4, 0.5) is 0 Å². The molecule has 0 saturated heterocycles. The monoisotopic (exact) mass is 271 g/mol. The third-order valence-electron chi connectivity index (χ3n) is 2.96. The lowest BCUT2D eigenvalue weighted by molar-refractivity contribution is 0.199. The third kappa shape index (κ3) is 4.30. The van der Waals surface area contributed by atoms with Gasteiger partial charge in [-0.15, -0.1) is 11.8 Å². The molecule has 1 rings (SSSR count). The fourth-order valence-corrected chi connectivity index (χ4v) is 2.80. The third-order valence-corrected chi connectivity index (χ3v) is 4.43. The van der Waals surface area contributed by atoms with Crippen LogP contribution in [0.2, 0.25) is 0 Å². The molecule has 0 fully saturated rings. The fraction of sp³-hybridized carbons (Fsp3) is 0.769. The number of methoxy groups -OCH3 is 1. The second-order valence-corrected chi connectivity index (χ2v) is 5.93. The van der Waals surface area contributed by atoms with Crippen molar-refractivity contribution in [1.82, 2.24) is 15.1 Å². The van der Waals surface area contributed by atoms with Crippen LogP contribution in [0.15, 0.2) is 5.03 Å². The van der Waals surface area contributed by atoms with E-state index in [4.69, 9.17) is 4.74 Å². The van der Waals surface area contributed by atoms with Gasteiger partial charge in [-0.05, 0) is 13.3 Å². The molecule has 0 aliphatic carbocycles. The molecule has 1 aromatic rings. The van der Waals surface area contributed by atoms with E-state index in [0.717, 1.165) is 25.4 Å². The predicted octanol–water partition coefficient (Wildman–Crippen LogP) is 2.36. The van der Waals surface area contributed by atoms with Crippen molar-refractivity contribution in [2.75, 3.05) is 20.3 Å². The number of hydrogen-bond acceptors (Lipinski definition) is 4. The number of ether oxygens (including phenoxy) is 1. The summed E-state index contributed by atoms with van der Waals surface area (Å²) in [4.78, 5) is 0. The zero-order valence-corrected chi connectivity index (χ0v) is 12.9. The normalized spacial score (nSPS) is 12.9. The van der Waals surface area contributed by atoms with E-state index >= 15 is 0 Å². The van der Waals surface area contributed by atoms with Gasteiger partial charge in [0.25, 0.3) is 0 Å². The molecule has 1 atom stereocenters. The lowest BCUT2D eigenvalue weighted by Gasteiger charge is -2.11. The average molecular weight is 271 g/mol. The zero-order chi connectivity index (χ0) is 13.5. The van der Waals surface area contributed by atoms with Crippen LogP contribution in [0.3, 0.4) is 0 Å². The first kappa shape index (κ1) is 15.5. The Morgan fingerprint density at radius 1 is 1.50 bits per heavy atom. The summed E-state index contributed by atoms with van der Waals surface area (Å²) in [7, 11) is 3.75. The Labute approximate surface area is 114 Å². The summed E-state index contributed by atoms with van der Waals surface area (Å²) in [6.07, 6.45) is 1.17. The maximum atomic E-state index is 5.04. The molecule has 0 aliphatic rings. The Hall–Kier alpha value is -0.520. The minimum Gasteiger partial charge on any atom is -0.383 e. The second-order valence-electron chi connectivity index (χ2n) is 4.50. The van der Waals surface area contributed by atoms with Gasteiger partial charge in [0.15, 0.2) is 0 Å². The quantitative estimate of drug-likeness (QED) is 0.582. The van der Waals surface area contributed by atoms with Crippen LogP contribution >= 0.6 is 11.8 Å². The van der Waals surface area contributed by atoms with Gasteiger partial charge in [0.1, 0.15) is 0 Å². The van der Waals surface area contributed by atoms with E-state index < -0.39 is 0 Å². The molecule has 0 aromatic carbocycles. The molecule has 0 aliphatic heterocycles. The Morgan fingerprint density at radius 2 is 2.22 bits per heavy atom. The van der Waals surface area contributed by atoms with Gasteiger partial charge < -0.3 is 10.1 Å². The Kier molecular flexibility index (Phi) is 6.75. The highest BCUT2D eigenvalue weighted by molar-refractivity contribution is 7.99. The molecule has 1 aromatic heterocycles. The number of thioether (sulfide) groups is 1. The molecule has 0 saturated carbocycles. The molecule has 0 spiro atoms. The molecule has 104 valence electrons. The standard InChI is InChI=1S/C13H25N3OS/c1-6-10(2)18-13-12(9-14-7-8-17-5)11(3)15-16(13)4/h10,14H,6-9H2,1-5H3. The van der Waals surface area contributed by atoms with Crippen molar-refractivity contribution in [2.24, 2.45) is 7.05 Å². The van der Waals surface area contributed by atoms with Gasteiger partial charge in [0.2, 0.25) is 0 Å². The molecule has 18 heavy (non-hydrogen) atoms. The number of hydrogen-bond donors (Lipinski definition) is 1. The smallest absolute Gasteiger partial charge is 0.0987 e. The number of nitrogens with one attached hydrogen (secondary N) is 1. The number of aryl methyl sites for hydroxylation is 2. The summed E-state index contributed by atoms with van der Waals surface area (Å²) in [5, 5.41) is 9.83. The van der Waals surface area contributed by atoms with Crippen molar-refractivity contribution in [3.05, 3.63) is 11.3 Å². The van der Waals surface area contributed by atoms with E-state index in [1.54, 1.807) is 7.11 Å². The van der Waals surface area contributed by atoms with Crippen molar-refractivity contribution in [2.45, 2.75) is 44.0 Å². The van der Waals surface area contributed by atoms with E-state index in [1.165, 1.54) is 17.0 Å². The van der Waals surface area contributed by atoms with Crippen molar-refractivity contribution in [1.29, 1.82) is 0 Å². The van der Waals surface area contributed by atoms with Gasteiger partial charge in [-0.3, -0.25) is 4.68 Å². The highest BCUT2D eigenvalue weighted by atomic mass is 32.2. The highest BCUT2D eigenvalue weighted by Crippen LogP contribution is 2.29. The summed E-state index contributed by atoms with van der Waals surface area (Å²) in [5.41, 5.74) is 2.44. The van der Waals surface area contributed by atoms with E-state index in [2.05, 4.69) is 31.2 Å². The summed E-state index contributed by atoms with van der Waals surface area (Å²) < 4.78 is 7.04. The molecule has 0 radical (unpaired) electrons. The molecule has 1 unspecified atom stereocenters. The second kappa shape index (κ2) is 7.81.